The molecule has 2 aromatic carbocycles. The number of alkyl halides is 3. The summed E-state index contributed by atoms with van der Waals surface area (Å²) in [6.07, 6.45) is 4.24. The van der Waals surface area contributed by atoms with Crippen molar-refractivity contribution >= 4 is 23.4 Å². The normalized spacial score (nSPS) is 23.0. The summed E-state index contributed by atoms with van der Waals surface area (Å²) in [5.74, 6) is 0. The number of halogens is 4. The molecule has 2 atom stereocenters. The first-order valence-corrected chi connectivity index (χ1v) is 10.6. The summed E-state index contributed by atoms with van der Waals surface area (Å²) >= 11 is 6.43. The van der Waals surface area contributed by atoms with E-state index >= 15 is 0 Å². The Morgan fingerprint density at radius 2 is 1.82 bits per heavy atom. The van der Waals surface area contributed by atoms with Crippen LogP contribution in [0.1, 0.15) is 36.8 Å². The highest BCUT2D eigenvalue weighted by atomic mass is 35.5. The van der Waals surface area contributed by atoms with E-state index in [4.69, 9.17) is 11.6 Å². The fraction of sp³-hybridized carbons (Fsp3) is 0.429. The van der Waals surface area contributed by atoms with Crippen LogP contribution < -0.4 is 10.6 Å². The number of hydrogen-bond acceptors (Lipinski definition) is 3. The van der Waals surface area contributed by atoms with Crippen LogP contribution in [0.2, 0.25) is 5.02 Å². The molecule has 1 aliphatic rings. The van der Waals surface area contributed by atoms with Gasteiger partial charge in [-0.25, -0.2) is 0 Å². The van der Waals surface area contributed by atoms with E-state index in [9.17, 15) is 13.2 Å². The Balaban J connectivity index is 1.74. The molecular formula is C21H24ClF3N2S. The SMILES string of the molecule is CN[C@@]1(c2ccccc2Cl)CCCC[C@@H]1NCc1ccc(SC(F)(F)F)cc1. The van der Waals surface area contributed by atoms with Crippen LogP contribution in [0.5, 0.6) is 0 Å². The number of hydrogen-bond donors (Lipinski definition) is 2. The van der Waals surface area contributed by atoms with E-state index in [2.05, 4.69) is 16.7 Å². The molecule has 1 saturated carbocycles. The molecule has 0 saturated heterocycles. The van der Waals surface area contributed by atoms with Crippen LogP contribution in [0.15, 0.2) is 53.4 Å². The lowest BCUT2D eigenvalue weighted by Gasteiger charge is -2.45. The van der Waals surface area contributed by atoms with Gasteiger partial charge >= 0.3 is 5.51 Å². The number of likely N-dealkylation sites (N-methyl/N-ethyl adjacent to an activating group) is 1. The highest BCUT2D eigenvalue weighted by Gasteiger charge is 2.41. The zero-order valence-electron chi connectivity index (χ0n) is 15.7. The Morgan fingerprint density at radius 1 is 1.11 bits per heavy atom. The maximum absolute atomic E-state index is 12.5. The van der Waals surface area contributed by atoms with E-state index in [1.165, 1.54) is 12.1 Å². The van der Waals surface area contributed by atoms with Crippen molar-refractivity contribution in [1.82, 2.24) is 10.6 Å². The number of rotatable bonds is 6. The predicted molar refractivity (Wildman–Crippen MR) is 110 cm³/mol. The monoisotopic (exact) mass is 428 g/mol. The quantitative estimate of drug-likeness (QED) is 0.543. The van der Waals surface area contributed by atoms with Crippen LogP contribution in [0.4, 0.5) is 13.2 Å². The predicted octanol–water partition coefficient (Wildman–Crippen LogP) is 6.10. The summed E-state index contributed by atoms with van der Waals surface area (Å²) in [7, 11) is 1.96. The van der Waals surface area contributed by atoms with Crippen LogP contribution in [0, 0.1) is 0 Å². The van der Waals surface area contributed by atoms with Crippen molar-refractivity contribution in [1.29, 1.82) is 0 Å². The maximum Gasteiger partial charge on any atom is 0.446 e. The Hall–Kier alpha value is -1.21. The topological polar surface area (TPSA) is 24.1 Å². The Labute approximate surface area is 173 Å². The standard InChI is InChI=1S/C21H24ClF3N2S/c1-26-20(17-6-2-3-7-18(17)22)13-5-4-8-19(20)27-14-15-9-11-16(12-10-15)28-21(23,24)25/h2-3,6-7,9-12,19,26-27H,4-5,8,13-14H2,1H3/t19-,20+/m0/s1. The molecule has 7 heteroatoms. The first kappa shape index (κ1) is 21.5. The molecule has 0 aromatic heterocycles. The average molecular weight is 429 g/mol. The molecule has 0 radical (unpaired) electrons. The molecule has 0 amide bonds. The van der Waals surface area contributed by atoms with Crippen molar-refractivity contribution in [2.45, 2.75) is 54.2 Å². The van der Waals surface area contributed by atoms with Gasteiger partial charge in [0.2, 0.25) is 0 Å². The molecular weight excluding hydrogens is 405 g/mol. The summed E-state index contributed by atoms with van der Waals surface area (Å²) in [4.78, 5) is 0.203. The molecule has 1 aliphatic carbocycles. The van der Waals surface area contributed by atoms with Gasteiger partial charge in [0.1, 0.15) is 0 Å². The molecule has 2 nitrogen and oxygen atoms in total. The van der Waals surface area contributed by atoms with Gasteiger partial charge in [-0.05, 0) is 61.0 Å². The first-order valence-electron chi connectivity index (χ1n) is 9.36. The smallest absolute Gasteiger partial charge is 0.309 e. The maximum atomic E-state index is 12.5. The average Bonchev–Trinajstić information content (AvgIpc) is 2.67. The molecule has 2 aromatic rings. The zero-order chi connectivity index (χ0) is 20.2. The van der Waals surface area contributed by atoms with Crippen molar-refractivity contribution < 1.29 is 13.2 Å². The van der Waals surface area contributed by atoms with Crippen LogP contribution in [0.25, 0.3) is 0 Å². The summed E-state index contributed by atoms with van der Waals surface area (Å²) in [5, 5.41) is 7.89. The van der Waals surface area contributed by atoms with Crippen molar-refractivity contribution in [3.63, 3.8) is 0 Å². The van der Waals surface area contributed by atoms with Gasteiger partial charge in [-0.1, -0.05) is 54.8 Å². The van der Waals surface area contributed by atoms with E-state index in [1.807, 2.05) is 25.2 Å². The Kier molecular flexibility index (Phi) is 6.97. The molecule has 0 aliphatic heterocycles. The molecule has 152 valence electrons. The van der Waals surface area contributed by atoms with Crippen LogP contribution in [-0.2, 0) is 12.1 Å². The van der Waals surface area contributed by atoms with E-state index in [0.29, 0.717) is 6.54 Å². The third kappa shape index (κ3) is 5.03. The van der Waals surface area contributed by atoms with Crippen LogP contribution >= 0.6 is 23.4 Å². The second-order valence-electron chi connectivity index (χ2n) is 7.07. The van der Waals surface area contributed by atoms with Gasteiger partial charge in [-0.3, -0.25) is 0 Å². The molecule has 3 rings (SSSR count). The van der Waals surface area contributed by atoms with Gasteiger partial charge in [0.05, 0.1) is 5.54 Å². The fourth-order valence-electron chi connectivity index (χ4n) is 4.08. The molecule has 28 heavy (non-hydrogen) atoms. The van der Waals surface area contributed by atoms with Gasteiger partial charge in [0.25, 0.3) is 0 Å². The van der Waals surface area contributed by atoms with Gasteiger partial charge in [-0.2, -0.15) is 13.2 Å². The molecule has 0 spiro atoms. The summed E-state index contributed by atoms with van der Waals surface area (Å²) in [5.41, 5.74) is -2.47. The minimum atomic E-state index is -4.26. The minimum absolute atomic E-state index is 0.0872. The molecule has 0 heterocycles. The second kappa shape index (κ2) is 9.08. The van der Waals surface area contributed by atoms with Crippen molar-refractivity contribution in [2.24, 2.45) is 0 Å². The number of nitrogens with one attached hydrogen (secondary N) is 2. The zero-order valence-corrected chi connectivity index (χ0v) is 17.2. The number of benzene rings is 2. The van der Waals surface area contributed by atoms with Crippen molar-refractivity contribution in [3.05, 3.63) is 64.7 Å². The first-order chi connectivity index (χ1) is 13.3. The largest absolute Gasteiger partial charge is 0.446 e. The summed E-state index contributed by atoms with van der Waals surface area (Å²) in [6.45, 7) is 0.593. The highest BCUT2D eigenvalue weighted by molar-refractivity contribution is 8.00. The van der Waals surface area contributed by atoms with Crippen molar-refractivity contribution in [3.8, 4) is 0 Å². The molecule has 0 unspecified atom stereocenters. The Bertz CT molecular complexity index is 782. The van der Waals surface area contributed by atoms with E-state index < -0.39 is 5.51 Å². The molecule has 0 bridgehead atoms. The van der Waals surface area contributed by atoms with Gasteiger partial charge in [0, 0.05) is 22.5 Å². The van der Waals surface area contributed by atoms with Crippen LogP contribution in [0.3, 0.4) is 0 Å². The third-order valence-corrected chi connectivity index (χ3v) is 6.49. The second-order valence-corrected chi connectivity index (χ2v) is 8.62. The molecule has 2 N–H and O–H groups in total. The Morgan fingerprint density at radius 3 is 2.46 bits per heavy atom. The third-order valence-electron chi connectivity index (χ3n) is 5.42. The fourth-order valence-corrected chi connectivity index (χ4v) is 4.92. The van der Waals surface area contributed by atoms with Gasteiger partial charge in [-0.15, -0.1) is 0 Å². The van der Waals surface area contributed by atoms with E-state index in [0.717, 1.165) is 41.8 Å². The van der Waals surface area contributed by atoms with Gasteiger partial charge < -0.3 is 10.6 Å². The summed E-state index contributed by atoms with van der Waals surface area (Å²) in [6, 6.07) is 14.6. The van der Waals surface area contributed by atoms with E-state index in [-0.39, 0.29) is 28.2 Å². The van der Waals surface area contributed by atoms with Crippen molar-refractivity contribution in [2.75, 3.05) is 7.05 Å². The lowest BCUT2D eigenvalue weighted by molar-refractivity contribution is -0.0328. The lowest BCUT2D eigenvalue weighted by atomic mass is 9.72. The highest BCUT2D eigenvalue weighted by Crippen LogP contribution is 2.40. The summed E-state index contributed by atoms with van der Waals surface area (Å²) < 4.78 is 37.5. The minimum Gasteiger partial charge on any atom is -0.309 e. The lowest BCUT2D eigenvalue weighted by Crippen LogP contribution is -2.57. The van der Waals surface area contributed by atoms with Gasteiger partial charge in [0.15, 0.2) is 0 Å². The molecule has 1 fully saturated rings. The van der Waals surface area contributed by atoms with Crippen LogP contribution in [-0.4, -0.2) is 18.6 Å². The van der Waals surface area contributed by atoms with E-state index in [1.54, 1.807) is 12.1 Å². The number of thioether (sulfide) groups is 1.